The van der Waals surface area contributed by atoms with Crippen LogP contribution in [-0.2, 0) is 4.79 Å². The van der Waals surface area contributed by atoms with Gasteiger partial charge in [0.25, 0.3) is 0 Å². The molecule has 0 radical (unpaired) electrons. The molecule has 0 aromatic heterocycles. The number of carbonyl (C=O) groups excluding carboxylic acids is 1. The summed E-state index contributed by atoms with van der Waals surface area (Å²) >= 11 is 0. The average Bonchev–Trinajstić information content (AvgIpc) is 2.50. The molecule has 1 rings (SSSR count). The molecule has 0 spiro atoms. The van der Waals surface area contributed by atoms with Gasteiger partial charge in [0.15, 0.2) is 29.1 Å². The number of ketones is 1. The van der Waals surface area contributed by atoms with Crippen molar-refractivity contribution in [3.8, 4) is 17.2 Å². The predicted octanol–water partition coefficient (Wildman–Crippen LogP) is 1.87. The number of benzene rings is 1. The Hall–Kier alpha value is -2.28. The third-order valence-corrected chi connectivity index (χ3v) is 3.95. The number of aliphatic carboxylic acids is 1. The minimum atomic E-state index is -1.69. The van der Waals surface area contributed by atoms with E-state index in [2.05, 4.69) is 0 Å². The molecule has 0 aliphatic heterocycles. The summed E-state index contributed by atoms with van der Waals surface area (Å²) in [6.07, 6.45) is 0.109. The van der Waals surface area contributed by atoms with Gasteiger partial charge in [-0.05, 0) is 18.6 Å². The van der Waals surface area contributed by atoms with Crippen LogP contribution in [0.1, 0.15) is 43.5 Å². The first kappa shape index (κ1) is 18.8. The number of phenolic OH excluding ortho intramolecular Hbond substituents is 3. The summed E-state index contributed by atoms with van der Waals surface area (Å²) in [4.78, 5) is 23.6. The van der Waals surface area contributed by atoms with Gasteiger partial charge in [-0.25, -0.2) is 4.79 Å². The van der Waals surface area contributed by atoms with Crippen molar-refractivity contribution in [3.05, 3.63) is 17.7 Å². The van der Waals surface area contributed by atoms with Crippen LogP contribution in [0.25, 0.3) is 0 Å². The van der Waals surface area contributed by atoms with E-state index >= 15 is 0 Å². The van der Waals surface area contributed by atoms with Crippen molar-refractivity contribution in [3.63, 3.8) is 0 Å². The summed E-state index contributed by atoms with van der Waals surface area (Å²) in [5, 5.41) is 47.0. The lowest BCUT2D eigenvalue weighted by atomic mass is 9.80. The third kappa shape index (κ3) is 4.35. The molecule has 7 nitrogen and oxygen atoms in total. The fourth-order valence-electron chi connectivity index (χ4n) is 2.46. The van der Waals surface area contributed by atoms with E-state index in [-0.39, 0.29) is 5.56 Å². The molecule has 0 fully saturated rings. The highest BCUT2D eigenvalue weighted by Gasteiger charge is 2.34. The van der Waals surface area contributed by atoms with Crippen molar-refractivity contribution in [2.45, 2.75) is 39.2 Å². The number of unbranched alkanes of at least 4 members (excludes halogenated alkanes) is 1. The van der Waals surface area contributed by atoms with Crippen molar-refractivity contribution in [2.24, 2.45) is 11.8 Å². The number of aromatic hydroxyl groups is 3. The summed E-state index contributed by atoms with van der Waals surface area (Å²) in [5.74, 6) is -5.57. The SMILES string of the molecule is CCCCC(C(=O)c1cc(O)c(O)c(O)c1)C(C)C(O)C(=O)O. The Balaban J connectivity index is 3.16. The van der Waals surface area contributed by atoms with E-state index < -0.39 is 46.9 Å². The Kier molecular flexibility index (Phi) is 6.38. The molecule has 0 amide bonds. The van der Waals surface area contributed by atoms with Crippen molar-refractivity contribution >= 4 is 11.8 Å². The smallest absolute Gasteiger partial charge is 0.332 e. The van der Waals surface area contributed by atoms with Gasteiger partial charge >= 0.3 is 5.97 Å². The Morgan fingerprint density at radius 2 is 1.65 bits per heavy atom. The molecule has 0 aliphatic carbocycles. The van der Waals surface area contributed by atoms with Gasteiger partial charge in [-0.3, -0.25) is 4.79 Å². The molecule has 0 aliphatic rings. The van der Waals surface area contributed by atoms with Crippen LogP contribution in [0.3, 0.4) is 0 Å². The van der Waals surface area contributed by atoms with E-state index in [1.807, 2.05) is 6.92 Å². The highest BCUT2D eigenvalue weighted by molar-refractivity contribution is 5.99. The topological polar surface area (TPSA) is 135 Å². The molecule has 3 atom stereocenters. The van der Waals surface area contributed by atoms with E-state index in [4.69, 9.17) is 5.11 Å². The molecule has 23 heavy (non-hydrogen) atoms. The van der Waals surface area contributed by atoms with Gasteiger partial charge in [-0.15, -0.1) is 0 Å². The van der Waals surface area contributed by atoms with Crippen LogP contribution in [0, 0.1) is 11.8 Å². The standard InChI is InChI=1S/C16H22O7/c1-3-4-5-10(8(2)13(19)16(22)23)14(20)9-6-11(17)15(21)12(18)7-9/h6-8,10,13,17-19,21H,3-5H2,1-2H3,(H,22,23). The van der Waals surface area contributed by atoms with E-state index in [0.29, 0.717) is 12.8 Å². The minimum absolute atomic E-state index is 0.0525. The van der Waals surface area contributed by atoms with Crippen molar-refractivity contribution in [1.82, 2.24) is 0 Å². The maximum atomic E-state index is 12.6. The van der Waals surface area contributed by atoms with E-state index in [0.717, 1.165) is 18.6 Å². The van der Waals surface area contributed by atoms with E-state index in [1.54, 1.807) is 0 Å². The maximum absolute atomic E-state index is 12.6. The van der Waals surface area contributed by atoms with Gasteiger partial charge in [-0.1, -0.05) is 26.7 Å². The number of Topliss-reactive ketones (excluding diaryl/α,β-unsaturated/α-hetero) is 1. The molecule has 0 heterocycles. The summed E-state index contributed by atoms with van der Waals surface area (Å²) in [6.45, 7) is 3.38. The molecule has 0 saturated heterocycles. The van der Waals surface area contributed by atoms with Crippen LogP contribution >= 0.6 is 0 Å². The first-order valence-corrected chi connectivity index (χ1v) is 7.40. The Bertz CT molecular complexity index is 559. The highest BCUT2D eigenvalue weighted by Crippen LogP contribution is 2.37. The molecular weight excluding hydrogens is 304 g/mol. The molecule has 3 unspecified atom stereocenters. The van der Waals surface area contributed by atoms with Gasteiger partial charge in [0.1, 0.15) is 0 Å². The summed E-state index contributed by atoms with van der Waals surface area (Å²) in [5.41, 5.74) is -0.0525. The molecular formula is C16H22O7. The second kappa shape index (κ2) is 7.82. The van der Waals surface area contributed by atoms with Gasteiger partial charge in [0.2, 0.25) is 0 Å². The molecule has 1 aromatic rings. The first-order valence-electron chi connectivity index (χ1n) is 7.40. The van der Waals surface area contributed by atoms with E-state index in [1.165, 1.54) is 6.92 Å². The number of hydrogen-bond acceptors (Lipinski definition) is 6. The van der Waals surface area contributed by atoms with Crippen LogP contribution in [0.4, 0.5) is 0 Å². The van der Waals surface area contributed by atoms with Crippen molar-refractivity contribution < 1.29 is 35.1 Å². The zero-order valence-electron chi connectivity index (χ0n) is 13.1. The first-order chi connectivity index (χ1) is 10.7. The van der Waals surface area contributed by atoms with Gasteiger partial charge in [0.05, 0.1) is 0 Å². The van der Waals surface area contributed by atoms with Crippen LogP contribution < -0.4 is 0 Å². The lowest BCUT2D eigenvalue weighted by Crippen LogP contribution is -2.36. The number of hydrogen-bond donors (Lipinski definition) is 5. The lowest BCUT2D eigenvalue weighted by molar-refractivity contribution is -0.150. The Morgan fingerprint density at radius 3 is 2.09 bits per heavy atom. The zero-order chi connectivity index (χ0) is 17.7. The molecule has 7 heteroatoms. The van der Waals surface area contributed by atoms with E-state index in [9.17, 15) is 30.0 Å². The van der Waals surface area contributed by atoms with Crippen LogP contribution in [0.2, 0.25) is 0 Å². The number of aliphatic hydroxyl groups is 1. The number of carboxylic acids is 1. The lowest BCUT2D eigenvalue weighted by Gasteiger charge is -2.25. The second-order valence-corrected chi connectivity index (χ2v) is 5.62. The number of carbonyl (C=O) groups is 2. The van der Waals surface area contributed by atoms with Crippen LogP contribution in [0.15, 0.2) is 12.1 Å². The monoisotopic (exact) mass is 326 g/mol. The van der Waals surface area contributed by atoms with Gasteiger partial charge in [0, 0.05) is 17.4 Å². The fraction of sp³-hybridized carbons (Fsp3) is 0.500. The van der Waals surface area contributed by atoms with Crippen molar-refractivity contribution in [2.75, 3.05) is 0 Å². The number of aliphatic hydroxyl groups excluding tert-OH is 1. The van der Waals surface area contributed by atoms with Crippen LogP contribution in [0.5, 0.6) is 17.2 Å². The molecule has 1 aromatic carbocycles. The van der Waals surface area contributed by atoms with Gasteiger partial charge < -0.3 is 25.5 Å². The summed E-state index contributed by atoms with van der Waals surface area (Å²) in [7, 11) is 0. The quantitative estimate of drug-likeness (QED) is 0.363. The summed E-state index contributed by atoms with van der Waals surface area (Å²) < 4.78 is 0. The molecule has 0 saturated carbocycles. The predicted molar refractivity (Wildman–Crippen MR) is 81.6 cm³/mol. The number of phenols is 3. The normalized spacial score (nSPS) is 14.9. The third-order valence-electron chi connectivity index (χ3n) is 3.95. The summed E-state index contributed by atoms with van der Waals surface area (Å²) in [6, 6.07) is 2.02. The number of rotatable bonds is 8. The largest absolute Gasteiger partial charge is 0.504 e. The van der Waals surface area contributed by atoms with Crippen LogP contribution in [-0.4, -0.2) is 43.4 Å². The zero-order valence-corrected chi connectivity index (χ0v) is 13.1. The highest BCUT2D eigenvalue weighted by atomic mass is 16.4. The molecule has 5 N–H and O–H groups in total. The van der Waals surface area contributed by atoms with Crippen molar-refractivity contribution in [1.29, 1.82) is 0 Å². The average molecular weight is 326 g/mol. The number of carboxylic acid groups (broad SMARTS) is 1. The molecule has 128 valence electrons. The maximum Gasteiger partial charge on any atom is 0.332 e. The van der Waals surface area contributed by atoms with Gasteiger partial charge in [-0.2, -0.15) is 0 Å². The Morgan fingerprint density at radius 1 is 1.13 bits per heavy atom. The Labute approximate surface area is 133 Å². The second-order valence-electron chi connectivity index (χ2n) is 5.62. The minimum Gasteiger partial charge on any atom is -0.504 e. The fourth-order valence-corrected chi connectivity index (χ4v) is 2.46. The molecule has 0 bridgehead atoms.